The van der Waals surface area contributed by atoms with E-state index < -0.39 is 16.4 Å². The number of hydrogen-bond acceptors (Lipinski definition) is 4. The van der Waals surface area contributed by atoms with Crippen molar-refractivity contribution in [3.8, 4) is 6.07 Å². The van der Waals surface area contributed by atoms with Crippen molar-refractivity contribution in [3.05, 3.63) is 63.5 Å². The lowest BCUT2D eigenvalue weighted by molar-refractivity contribution is -0.386. The maximum Gasteiger partial charge on any atom is 0.327 e. The maximum atomic E-state index is 13.5. The van der Waals surface area contributed by atoms with Gasteiger partial charge in [0.15, 0.2) is 0 Å². The van der Waals surface area contributed by atoms with E-state index in [2.05, 4.69) is 5.32 Å². The average Bonchev–Trinajstić information content (AvgIpc) is 2.38. The number of hydrogen-bond donors (Lipinski definition) is 1. The topological polar surface area (TPSA) is 79.0 Å². The van der Waals surface area contributed by atoms with Crippen LogP contribution in [0.25, 0.3) is 0 Å². The third-order valence-electron chi connectivity index (χ3n) is 2.82. The molecule has 0 radical (unpaired) electrons. The molecule has 0 bridgehead atoms. The summed E-state index contributed by atoms with van der Waals surface area (Å²) >= 11 is 0. The Hall–Kier alpha value is -2.94. The van der Waals surface area contributed by atoms with Crippen LogP contribution in [0.3, 0.4) is 0 Å². The highest BCUT2D eigenvalue weighted by atomic mass is 19.1. The predicted molar refractivity (Wildman–Crippen MR) is 72.2 cm³/mol. The average molecular weight is 271 g/mol. The Morgan fingerprint density at radius 1 is 1.25 bits per heavy atom. The van der Waals surface area contributed by atoms with Gasteiger partial charge in [-0.25, -0.2) is 0 Å². The summed E-state index contributed by atoms with van der Waals surface area (Å²) in [6.07, 6.45) is 0. The Morgan fingerprint density at radius 2 is 1.90 bits per heavy atom. The fourth-order valence-corrected chi connectivity index (χ4v) is 1.87. The zero-order valence-electron chi connectivity index (χ0n) is 10.6. The summed E-state index contributed by atoms with van der Waals surface area (Å²) < 4.78 is 13.5. The van der Waals surface area contributed by atoms with Gasteiger partial charge in [-0.3, -0.25) is 10.1 Å². The van der Waals surface area contributed by atoms with Gasteiger partial charge < -0.3 is 5.32 Å². The zero-order chi connectivity index (χ0) is 14.7. The smallest absolute Gasteiger partial charge is 0.327 e. The number of nitriles is 1. The summed E-state index contributed by atoms with van der Waals surface area (Å²) in [6.45, 7) is 1.75. The molecule has 0 aliphatic rings. The molecule has 0 fully saturated rings. The van der Waals surface area contributed by atoms with E-state index in [9.17, 15) is 14.5 Å². The minimum Gasteiger partial charge on any atom is -0.349 e. The third-order valence-corrected chi connectivity index (χ3v) is 2.82. The van der Waals surface area contributed by atoms with Crippen molar-refractivity contribution >= 4 is 17.1 Å². The molecule has 0 heterocycles. The highest BCUT2D eigenvalue weighted by molar-refractivity contribution is 5.74. The van der Waals surface area contributed by atoms with E-state index in [0.717, 1.165) is 11.6 Å². The fraction of sp³-hybridized carbons (Fsp3) is 0.0714. The van der Waals surface area contributed by atoms with Gasteiger partial charge in [-0.15, -0.1) is 0 Å². The Kier molecular flexibility index (Phi) is 3.62. The molecule has 0 spiro atoms. The first kappa shape index (κ1) is 13.5. The third kappa shape index (κ3) is 2.42. The number of halogens is 1. The second-order valence-electron chi connectivity index (χ2n) is 4.13. The second-order valence-corrected chi connectivity index (χ2v) is 4.13. The molecule has 20 heavy (non-hydrogen) atoms. The molecule has 1 N–H and O–H groups in total. The van der Waals surface area contributed by atoms with E-state index in [4.69, 9.17) is 5.26 Å². The fourth-order valence-electron chi connectivity index (χ4n) is 1.87. The van der Waals surface area contributed by atoms with Gasteiger partial charge in [0.25, 0.3) is 0 Å². The highest BCUT2D eigenvalue weighted by Gasteiger charge is 2.20. The van der Waals surface area contributed by atoms with Crippen LogP contribution >= 0.6 is 0 Å². The summed E-state index contributed by atoms with van der Waals surface area (Å²) in [4.78, 5) is 10.1. The van der Waals surface area contributed by atoms with E-state index in [0.29, 0.717) is 11.3 Å². The van der Waals surface area contributed by atoms with Crippen LogP contribution in [0.5, 0.6) is 0 Å². The van der Waals surface area contributed by atoms with Gasteiger partial charge in [0.2, 0.25) is 5.82 Å². The molecule has 2 aromatic carbocycles. The molecular formula is C14H10FN3O2. The first-order valence-electron chi connectivity index (χ1n) is 5.74. The van der Waals surface area contributed by atoms with Gasteiger partial charge in [-0.05, 0) is 30.7 Å². The zero-order valence-corrected chi connectivity index (χ0v) is 10.6. The molecule has 0 aliphatic heterocycles. The number of anilines is 2. The molecular weight excluding hydrogens is 261 g/mol. The lowest BCUT2D eigenvalue weighted by Crippen LogP contribution is -2.01. The number of aryl methyl sites for hydroxylation is 1. The summed E-state index contributed by atoms with van der Waals surface area (Å²) in [5.74, 6) is -0.925. The quantitative estimate of drug-likeness (QED) is 0.682. The lowest BCUT2D eigenvalue weighted by atomic mass is 10.1. The van der Waals surface area contributed by atoms with Gasteiger partial charge in [0, 0.05) is 0 Å². The van der Waals surface area contributed by atoms with Crippen LogP contribution < -0.4 is 5.32 Å². The Morgan fingerprint density at radius 3 is 2.55 bits per heavy atom. The van der Waals surface area contributed by atoms with Crippen molar-refractivity contribution < 1.29 is 9.31 Å². The van der Waals surface area contributed by atoms with E-state index in [1.54, 1.807) is 25.1 Å². The van der Waals surface area contributed by atoms with Crippen LogP contribution in [0.1, 0.15) is 11.1 Å². The minimum absolute atomic E-state index is 0.0112. The second kappa shape index (κ2) is 5.36. The van der Waals surface area contributed by atoms with Crippen LogP contribution in [-0.2, 0) is 0 Å². The minimum atomic E-state index is -0.925. The van der Waals surface area contributed by atoms with Crippen molar-refractivity contribution in [2.75, 3.05) is 5.32 Å². The Bertz CT molecular complexity index is 723. The first-order valence-corrected chi connectivity index (χ1v) is 5.74. The van der Waals surface area contributed by atoms with Crippen molar-refractivity contribution in [2.45, 2.75) is 6.92 Å². The van der Waals surface area contributed by atoms with Crippen LogP contribution in [0.15, 0.2) is 36.4 Å². The summed E-state index contributed by atoms with van der Waals surface area (Å²) in [7, 11) is 0. The first-order chi connectivity index (χ1) is 9.54. The lowest BCUT2D eigenvalue weighted by Gasteiger charge is -2.10. The molecule has 0 unspecified atom stereocenters. The number of benzene rings is 2. The number of nitrogens with one attached hydrogen (secondary N) is 1. The van der Waals surface area contributed by atoms with Crippen molar-refractivity contribution in [2.24, 2.45) is 0 Å². The number of nitro groups is 1. The van der Waals surface area contributed by atoms with Crippen LogP contribution in [-0.4, -0.2) is 4.92 Å². The molecule has 100 valence electrons. The molecule has 2 rings (SSSR count). The van der Waals surface area contributed by atoms with E-state index >= 15 is 0 Å². The van der Waals surface area contributed by atoms with Crippen LogP contribution in [0.2, 0.25) is 0 Å². The predicted octanol–water partition coefficient (Wildman–Crippen LogP) is 3.66. The number of para-hydroxylation sites is 1. The van der Waals surface area contributed by atoms with E-state index in [-0.39, 0.29) is 5.69 Å². The molecule has 0 saturated heterocycles. The summed E-state index contributed by atoms with van der Waals surface area (Å²) in [6, 6.07) is 10.9. The van der Waals surface area contributed by atoms with Gasteiger partial charge in [-0.2, -0.15) is 9.65 Å². The SMILES string of the molecule is Cc1cccc(Nc2cccc(F)c2[N+](=O)[O-])c1C#N. The van der Waals surface area contributed by atoms with Crippen molar-refractivity contribution in [1.29, 1.82) is 5.26 Å². The van der Waals surface area contributed by atoms with Gasteiger partial charge >= 0.3 is 5.69 Å². The summed E-state index contributed by atoms with van der Waals surface area (Å²) in [5.41, 5.74) is 0.874. The van der Waals surface area contributed by atoms with Gasteiger partial charge in [0.1, 0.15) is 11.8 Å². The molecule has 0 atom stereocenters. The number of rotatable bonds is 3. The van der Waals surface area contributed by atoms with Gasteiger partial charge in [0.05, 0.1) is 16.2 Å². The molecule has 2 aromatic rings. The number of nitro benzene ring substituents is 1. The van der Waals surface area contributed by atoms with E-state index in [1.807, 2.05) is 6.07 Å². The largest absolute Gasteiger partial charge is 0.349 e. The number of nitrogens with zero attached hydrogens (tertiary/aromatic N) is 2. The Labute approximate surface area is 114 Å². The molecule has 0 saturated carbocycles. The molecule has 0 aliphatic carbocycles. The molecule has 5 nitrogen and oxygen atoms in total. The Balaban J connectivity index is 2.52. The maximum absolute atomic E-state index is 13.5. The van der Waals surface area contributed by atoms with E-state index in [1.165, 1.54) is 12.1 Å². The van der Waals surface area contributed by atoms with Crippen LogP contribution in [0.4, 0.5) is 21.5 Å². The van der Waals surface area contributed by atoms with Crippen molar-refractivity contribution in [1.82, 2.24) is 0 Å². The molecule has 0 aromatic heterocycles. The molecule has 6 heteroatoms. The van der Waals surface area contributed by atoms with Crippen molar-refractivity contribution in [3.63, 3.8) is 0 Å². The summed E-state index contributed by atoms with van der Waals surface area (Å²) in [5, 5.41) is 22.8. The normalized spacial score (nSPS) is 9.85. The standard InChI is InChI=1S/C14H10FN3O2/c1-9-4-2-6-12(10(9)8-16)17-13-7-3-5-11(15)14(13)18(19)20/h2-7,17H,1H3. The monoisotopic (exact) mass is 271 g/mol. The van der Waals surface area contributed by atoms with Gasteiger partial charge in [-0.1, -0.05) is 18.2 Å². The molecule has 0 amide bonds. The highest BCUT2D eigenvalue weighted by Crippen LogP contribution is 2.31. The van der Waals surface area contributed by atoms with Crippen LogP contribution in [0, 0.1) is 34.2 Å².